The molecule has 3 aromatic heterocycles. The first-order valence-electron chi connectivity index (χ1n) is 11.0. The van der Waals surface area contributed by atoms with E-state index in [-0.39, 0.29) is 12.0 Å². The molecule has 0 aliphatic heterocycles. The van der Waals surface area contributed by atoms with Crippen molar-refractivity contribution in [3.8, 4) is 23.0 Å². The number of aryl methyl sites for hydroxylation is 1. The molecule has 0 saturated heterocycles. The molecule has 1 saturated carbocycles. The van der Waals surface area contributed by atoms with Crippen LogP contribution in [0.4, 0.5) is 5.95 Å². The number of aliphatic carboxylic acids is 1. The van der Waals surface area contributed by atoms with Crippen molar-refractivity contribution in [2.45, 2.75) is 45.3 Å². The van der Waals surface area contributed by atoms with Gasteiger partial charge in [-0.3, -0.25) is 9.48 Å². The van der Waals surface area contributed by atoms with Gasteiger partial charge in [0.25, 0.3) is 0 Å². The van der Waals surface area contributed by atoms with E-state index in [9.17, 15) is 9.90 Å². The lowest BCUT2D eigenvalue weighted by Gasteiger charge is -2.27. The maximum atomic E-state index is 11.3. The van der Waals surface area contributed by atoms with Crippen LogP contribution in [0, 0.1) is 5.92 Å². The van der Waals surface area contributed by atoms with Crippen molar-refractivity contribution in [1.82, 2.24) is 29.7 Å². The molecule has 1 unspecified atom stereocenters. The number of aromatic nitrogens is 6. The smallest absolute Gasteiger partial charge is 0.306 e. The van der Waals surface area contributed by atoms with Crippen molar-refractivity contribution in [2.24, 2.45) is 13.0 Å². The Balaban J connectivity index is 1.42. The molecule has 11 nitrogen and oxygen atoms in total. The van der Waals surface area contributed by atoms with Crippen LogP contribution in [0.25, 0.3) is 11.4 Å². The summed E-state index contributed by atoms with van der Waals surface area (Å²) in [5, 5.41) is 16.8. The Morgan fingerprint density at radius 2 is 2.06 bits per heavy atom. The van der Waals surface area contributed by atoms with Gasteiger partial charge in [0.2, 0.25) is 11.8 Å². The predicted octanol–water partition coefficient (Wildman–Crippen LogP) is 2.70. The Bertz CT molecular complexity index is 1090. The highest BCUT2D eigenvalue weighted by Gasteiger charge is 2.28. The number of carbonyl (C=O) groups is 1. The van der Waals surface area contributed by atoms with Gasteiger partial charge in [-0.05, 0) is 32.6 Å². The van der Waals surface area contributed by atoms with Gasteiger partial charge in [-0.2, -0.15) is 10.1 Å². The molecule has 3 aromatic rings. The van der Waals surface area contributed by atoms with Gasteiger partial charge in [0.1, 0.15) is 0 Å². The van der Waals surface area contributed by atoms with E-state index in [0.717, 1.165) is 24.1 Å². The topological polar surface area (TPSA) is 137 Å². The number of rotatable bonds is 9. The van der Waals surface area contributed by atoms with Crippen molar-refractivity contribution in [3.05, 3.63) is 36.5 Å². The fourth-order valence-electron chi connectivity index (χ4n) is 3.86. The van der Waals surface area contributed by atoms with Crippen LogP contribution in [0.1, 0.15) is 38.3 Å². The van der Waals surface area contributed by atoms with E-state index in [1.54, 1.807) is 35.5 Å². The fraction of sp³-hybridized carbons (Fsp3) is 0.455. The van der Waals surface area contributed by atoms with Gasteiger partial charge in [0.05, 0.1) is 55.0 Å². The minimum Gasteiger partial charge on any atom is -0.487 e. The summed E-state index contributed by atoms with van der Waals surface area (Å²) in [7, 11) is 1.84. The highest BCUT2D eigenvalue weighted by Crippen LogP contribution is 2.28. The zero-order valence-corrected chi connectivity index (χ0v) is 18.6. The van der Waals surface area contributed by atoms with Gasteiger partial charge >= 0.3 is 5.97 Å². The van der Waals surface area contributed by atoms with Crippen LogP contribution >= 0.6 is 0 Å². The summed E-state index contributed by atoms with van der Waals surface area (Å²) in [6, 6.07) is 1.71. The Labute approximate surface area is 191 Å². The van der Waals surface area contributed by atoms with Gasteiger partial charge in [-0.1, -0.05) is 0 Å². The lowest BCUT2D eigenvalue weighted by molar-refractivity contribution is -0.143. The number of carboxylic acids is 1. The number of hydrogen-bond donors (Lipinski definition) is 2. The Hall–Kier alpha value is -3.76. The van der Waals surface area contributed by atoms with Crippen molar-refractivity contribution in [3.63, 3.8) is 0 Å². The normalized spacial score (nSPS) is 18.0. The lowest BCUT2D eigenvalue weighted by atomic mass is 9.87. The third kappa shape index (κ3) is 5.54. The molecule has 0 bridgehead atoms. The monoisotopic (exact) mass is 453 g/mol. The molecule has 2 atom stereocenters. The third-order valence-electron chi connectivity index (χ3n) is 5.54. The molecule has 4 rings (SSSR count). The van der Waals surface area contributed by atoms with Crippen molar-refractivity contribution >= 4 is 11.9 Å². The Morgan fingerprint density at radius 1 is 1.24 bits per heavy atom. The summed E-state index contributed by atoms with van der Waals surface area (Å²) in [4.78, 5) is 28.7. The molecule has 0 radical (unpaired) electrons. The minimum absolute atomic E-state index is 0.139. The maximum Gasteiger partial charge on any atom is 0.306 e. The molecule has 174 valence electrons. The molecule has 1 fully saturated rings. The number of anilines is 1. The van der Waals surface area contributed by atoms with Crippen LogP contribution in [0.15, 0.2) is 30.9 Å². The summed E-state index contributed by atoms with van der Waals surface area (Å²) in [5.41, 5.74) is 1.65. The van der Waals surface area contributed by atoms with E-state index in [4.69, 9.17) is 9.47 Å². The number of nitrogens with one attached hydrogen (secondary N) is 1. The second-order valence-electron chi connectivity index (χ2n) is 7.82. The van der Waals surface area contributed by atoms with Crippen molar-refractivity contribution < 1.29 is 19.4 Å². The second kappa shape index (κ2) is 10.2. The molecule has 3 heterocycles. The molecule has 0 spiro atoms. The van der Waals surface area contributed by atoms with Crippen LogP contribution in [-0.4, -0.2) is 53.5 Å². The summed E-state index contributed by atoms with van der Waals surface area (Å²) in [6.45, 7) is 2.84. The summed E-state index contributed by atoms with van der Waals surface area (Å²) in [5.74, 6) is 0.884. The lowest BCUT2D eigenvalue weighted by Crippen LogP contribution is -2.29. The molecule has 2 N–H and O–H groups in total. The minimum atomic E-state index is -0.761. The molecule has 33 heavy (non-hydrogen) atoms. The van der Waals surface area contributed by atoms with Gasteiger partial charge in [0.15, 0.2) is 11.6 Å². The van der Waals surface area contributed by atoms with Crippen molar-refractivity contribution in [2.75, 3.05) is 11.9 Å². The van der Waals surface area contributed by atoms with Crippen LogP contribution in [-0.2, 0) is 18.4 Å². The standard InChI is InChI=1S/C22H27N7O4/c1-3-32-19-7-8-23-22(28-19)26-13-18-17(12-27-29(18)2)20-24-10-16(11-25-20)33-15-6-4-5-14(9-15)21(30)31/h7-8,10-12,14-15H,3-6,9,13H2,1-2H3,(H,30,31)(H,23,26,28)/t14-,15?/m0/s1. The first-order valence-corrected chi connectivity index (χ1v) is 11.0. The molecule has 0 aromatic carbocycles. The van der Waals surface area contributed by atoms with E-state index in [2.05, 4.69) is 30.4 Å². The van der Waals surface area contributed by atoms with Crippen LogP contribution < -0.4 is 14.8 Å². The van der Waals surface area contributed by atoms with E-state index >= 15 is 0 Å². The van der Waals surface area contributed by atoms with Gasteiger partial charge < -0.3 is 19.9 Å². The molecule has 1 aliphatic rings. The molecule has 0 amide bonds. The number of ether oxygens (including phenoxy) is 2. The Morgan fingerprint density at radius 3 is 2.82 bits per heavy atom. The second-order valence-corrected chi connectivity index (χ2v) is 7.82. The molecular weight excluding hydrogens is 426 g/mol. The number of hydrogen-bond acceptors (Lipinski definition) is 9. The quantitative estimate of drug-likeness (QED) is 0.497. The summed E-state index contributed by atoms with van der Waals surface area (Å²) >= 11 is 0. The highest BCUT2D eigenvalue weighted by atomic mass is 16.5. The zero-order chi connectivity index (χ0) is 23.2. The Kier molecular flexibility index (Phi) is 6.96. The fourth-order valence-corrected chi connectivity index (χ4v) is 3.86. The van der Waals surface area contributed by atoms with Gasteiger partial charge in [0, 0.05) is 19.3 Å². The van der Waals surface area contributed by atoms with E-state index in [1.807, 2.05) is 14.0 Å². The molecular formula is C22H27N7O4. The molecule has 11 heteroatoms. The zero-order valence-electron chi connectivity index (χ0n) is 18.6. The highest BCUT2D eigenvalue weighted by molar-refractivity contribution is 5.70. The van der Waals surface area contributed by atoms with Gasteiger partial charge in [-0.15, -0.1) is 0 Å². The van der Waals surface area contributed by atoms with E-state index in [1.165, 1.54) is 0 Å². The maximum absolute atomic E-state index is 11.3. The average molecular weight is 454 g/mol. The SMILES string of the molecule is CCOc1ccnc(NCc2c(-c3ncc(OC4CCC[C@H](C(=O)O)C4)cn3)cnn2C)n1. The van der Waals surface area contributed by atoms with Crippen LogP contribution in [0.5, 0.6) is 11.6 Å². The third-order valence-corrected chi connectivity index (χ3v) is 5.54. The van der Waals surface area contributed by atoms with Gasteiger partial charge in [-0.25, -0.2) is 15.0 Å². The predicted molar refractivity (Wildman–Crippen MR) is 119 cm³/mol. The first kappa shape index (κ1) is 22.4. The average Bonchev–Trinajstić information content (AvgIpc) is 3.19. The van der Waals surface area contributed by atoms with Crippen molar-refractivity contribution in [1.29, 1.82) is 0 Å². The number of nitrogens with zero attached hydrogens (tertiary/aromatic N) is 6. The summed E-state index contributed by atoms with van der Waals surface area (Å²) in [6.07, 6.45) is 9.31. The first-order chi connectivity index (χ1) is 16.0. The van der Waals surface area contributed by atoms with E-state index < -0.39 is 5.97 Å². The van der Waals surface area contributed by atoms with Crippen LogP contribution in [0.2, 0.25) is 0 Å². The van der Waals surface area contributed by atoms with Crippen LogP contribution in [0.3, 0.4) is 0 Å². The summed E-state index contributed by atoms with van der Waals surface area (Å²) < 4.78 is 13.1. The number of carboxylic acid groups (broad SMARTS) is 1. The van der Waals surface area contributed by atoms with E-state index in [0.29, 0.717) is 49.4 Å². The largest absolute Gasteiger partial charge is 0.487 e. The molecule has 1 aliphatic carbocycles.